The van der Waals surface area contributed by atoms with E-state index in [1.165, 1.54) is 5.56 Å². The van der Waals surface area contributed by atoms with E-state index in [9.17, 15) is 4.79 Å². The number of carbonyl (C=O) groups excluding carboxylic acids is 1. The van der Waals surface area contributed by atoms with Crippen LogP contribution in [0.5, 0.6) is 0 Å². The van der Waals surface area contributed by atoms with Gasteiger partial charge in [0, 0.05) is 31.9 Å². The maximum atomic E-state index is 12.7. The summed E-state index contributed by atoms with van der Waals surface area (Å²) in [5.74, 6) is 1.03. The van der Waals surface area contributed by atoms with Crippen LogP contribution in [-0.2, 0) is 4.74 Å². The molecule has 1 aliphatic heterocycles. The van der Waals surface area contributed by atoms with Gasteiger partial charge in [0.05, 0.1) is 18.8 Å². The molecular formula is C21H28N4O2. The quantitative estimate of drug-likeness (QED) is 0.819. The van der Waals surface area contributed by atoms with Gasteiger partial charge >= 0.3 is 0 Å². The summed E-state index contributed by atoms with van der Waals surface area (Å²) in [6.45, 7) is 7.46. The number of carbonyl (C=O) groups is 1. The third-order valence-corrected chi connectivity index (χ3v) is 4.86. The van der Waals surface area contributed by atoms with Crippen molar-refractivity contribution in [2.75, 3.05) is 37.7 Å². The van der Waals surface area contributed by atoms with Gasteiger partial charge in [-0.1, -0.05) is 38.1 Å². The first-order chi connectivity index (χ1) is 13.1. The number of nitrogens with two attached hydrogens (primary N) is 1. The van der Waals surface area contributed by atoms with E-state index in [-0.39, 0.29) is 11.9 Å². The zero-order chi connectivity index (χ0) is 19.2. The van der Waals surface area contributed by atoms with Gasteiger partial charge in [0.25, 0.3) is 5.91 Å². The summed E-state index contributed by atoms with van der Waals surface area (Å²) < 4.78 is 5.39. The van der Waals surface area contributed by atoms with Gasteiger partial charge in [-0.2, -0.15) is 0 Å². The van der Waals surface area contributed by atoms with Crippen molar-refractivity contribution in [3.8, 4) is 0 Å². The highest BCUT2D eigenvalue weighted by atomic mass is 16.5. The van der Waals surface area contributed by atoms with Crippen LogP contribution < -0.4 is 16.0 Å². The zero-order valence-electron chi connectivity index (χ0n) is 16.0. The highest BCUT2D eigenvalue weighted by Crippen LogP contribution is 2.20. The Hall–Kier alpha value is -2.44. The number of hydrogen-bond donors (Lipinski definition) is 2. The molecule has 1 unspecified atom stereocenters. The SMILES string of the molecule is CC(C)c1ccc(C(N)CNC(=O)c2cccnc2N2CCOCC2)cc1. The van der Waals surface area contributed by atoms with Crippen molar-refractivity contribution >= 4 is 11.7 Å². The number of anilines is 1. The molecule has 3 N–H and O–H groups in total. The highest BCUT2D eigenvalue weighted by Gasteiger charge is 2.20. The first-order valence-electron chi connectivity index (χ1n) is 9.47. The van der Waals surface area contributed by atoms with E-state index in [4.69, 9.17) is 10.5 Å². The van der Waals surface area contributed by atoms with Crippen molar-refractivity contribution < 1.29 is 9.53 Å². The van der Waals surface area contributed by atoms with Crippen LogP contribution in [0.4, 0.5) is 5.82 Å². The Morgan fingerprint density at radius 2 is 1.85 bits per heavy atom. The fraction of sp³-hybridized carbons (Fsp3) is 0.429. The van der Waals surface area contributed by atoms with E-state index in [0.717, 1.165) is 18.7 Å². The third kappa shape index (κ3) is 4.84. The average Bonchev–Trinajstić information content (AvgIpc) is 2.72. The second kappa shape index (κ2) is 8.97. The number of rotatable bonds is 6. The lowest BCUT2D eigenvalue weighted by Gasteiger charge is -2.29. The molecule has 0 aliphatic carbocycles. The molecule has 1 saturated heterocycles. The molecule has 1 aromatic heterocycles. The van der Waals surface area contributed by atoms with Gasteiger partial charge in [0.1, 0.15) is 5.82 Å². The molecule has 0 spiro atoms. The molecule has 6 heteroatoms. The summed E-state index contributed by atoms with van der Waals surface area (Å²) in [5.41, 5.74) is 9.13. The van der Waals surface area contributed by atoms with E-state index >= 15 is 0 Å². The summed E-state index contributed by atoms with van der Waals surface area (Å²) >= 11 is 0. The lowest BCUT2D eigenvalue weighted by atomic mass is 9.99. The Labute approximate surface area is 160 Å². The van der Waals surface area contributed by atoms with Crippen LogP contribution in [0.15, 0.2) is 42.6 Å². The molecule has 0 bridgehead atoms. The molecule has 0 saturated carbocycles. The maximum Gasteiger partial charge on any atom is 0.255 e. The summed E-state index contributed by atoms with van der Waals surface area (Å²) in [6.07, 6.45) is 1.71. The smallest absolute Gasteiger partial charge is 0.255 e. The van der Waals surface area contributed by atoms with Gasteiger partial charge in [0.15, 0.2) is 0 Å². The van der Waals surface area contributed by atoms with Crippen molar-refractivity contribution in [1.82, 2.24) is 10.3 Å². The zero-order valence-corrected chi connectivity index (χ0v) is 16.0. The van der Waals surface area contributed by atoms with E-state index in [2.05, 4.69) is 41.2 Å². The molecule has 1 aromatic carbocycles. The number of hydrogen-bond acceptors (Lipinski definition) is 5. The average molecular weight is 368 g/mol. The molecule has 27 heavy (non-hydrogen) atoms. The minimum Gasteiger partial charge on any atom is -0.378 e. The second-order valence-corrected chi connectivity index (χ2v) is 7.11. The van der Waals surface area contributed by atoms with Crippen molar-refractivity contribution in [1.29, 1.82) is 0 Å². The summed E-state index contributed by atoms with van der Waals surface area (Å²) in [6, 6.07) is 11.6. The minimum atomic E-state index is -0.251. The predicted octanol–water partition coefficient (Wildman–Crippen LogP) is 2.47. The van der Waals surface area contributed by atoms with Gasteiger partial charge < -0.3 is 20.7 Å². The lowest BCUT2D eigenvalue weighted by molar-refractivity contribution is 0.0949. The highest BCUT2D eigenvalue weighted by molar-refractivity contribution is 5.98. The summed E-state index contributed by atoms with van der Waals surface area (Å²) in [5, 5.41) is 2.95. The molecular weight excluding hydrogens is 340 g/mol. The van der Waals surface area contributed by atoms with Crippen LogP contribution in [0.1, 0.15) is 47.3 Å². The van der Waals surface area contributed by atoms with Crippen molar-refractivity contribution in [2.24, 2.45) is 5.73 Å². The normalized spacial score (nSPS) is 15.6. The largest absolute Gasteiger partial charge is 0.378 e. The van der Waals surface area contributed by atoms with Gasteiger partial charge in [-0.3, -0.25) is 4.79 Å². The topological polar surface area (TPSA) is 80.5 Å². The van der Waals surface area contributed by atoms with E-state index < -0.39 is 0 Å². The van der Waals surface area contributed by atoms with Crippen LogP contribution in [-0.4, -0.2) is 43.7 Å². The van der Waals surface area contributed by atoms with E-state index in [1.807, 2.05) is 12.1 Å². The summed E-state index contributed by atoms with van der Waals surface area (Å²) in [4.78, 5) is 19.2. The molecule has 1 aliphatic rings. The number of ether oxygens (including phenoxy) is 1. The van der Waals surface area contributed by atoms with Gasteiger partial charge in [-0.25, -0.2) is 4.98 Å². The Morgan fingerprint density at radius 3 is 2.52 bits per heavy atom. The maximum absolute atomic E-state index is 12.7. The molecule has 0 radical (unpaired) electrons. The number of morpholine rings is 1. The minimum absolute atomic E-state index is 0.154. The Balaban J connectivity index is 1.63. The summed E-state index contributed by atoms with van der Waals surface area (Å²) in [7, 11) is 0. The first kappa shape index (κ1) is 19.3. The Kier molecular flexibility index (Phi) is 6.42. The van der Waals surface area contributed by atoms with E-state index in [1.54, 1.807) is 18.3 Å². The fourth-order valence-electron chi connectivity index (χ4n) is 3.15. The van der Waals surface area contributed by atoms with Crippen molar-refractivity contribution in [3.63, 3.8) is 0 Å². The number of amides is 1. The van der Waals surface area contributed by atoms with Gasteiger partial charge in [-0.15, -0.1) is 0 Å². The standard InChI is InChI=1S/C21H28N4O2/c1-15(2)16-5-7-17(8-6-16)19(22)14-24-21(26)18-4-3-9-23-20(18)25-10-12-27-13-11-25/h3-9,15,19H,10-14,22H2,1-2H3,(H,24,26). The molecule has 144 valence electrons. The second-order valence-electron chi connectivity index (χ2n) is 7.11. The lowest BCUT2D eigenvalue weighted by Crippen LogP contribution is -2.39. The number of pyridine rings is 1. The number of nitrogens with one attached hydrogen (secondary N) is 1. The monoisotopic (exact) mass is 368 g/mol. The van der Waals surface area contributed by atoms with Gasteiger partial charge in [-0.05, 0) is 29.2 Å². The van der Waals surface area contributed by atoms with Crippen LogP contribution in [0.3, 0.4) is 0 Å². The van der Waals surface area contributed by atoms with Crippen molar-refractivity contribution in [2.45, 2.75) is 25.8 Å². The molecule has 3 rings (SSSR count). The number of aromatic nitrogens is 1. The van der Waals surface area contributed by atoms with Crippen LogP contribution in [0.25, 0.3) is 0 Å². The number of nitrogens with zero attached hydrogens (tertiary/aromatic N) is 2. The Morgan fingerprint density at radius 1 is 1.19 bits per heavy atom. The third-order valence-electron chi connectivity index (χ3n) is 4.86. The van der Waals surface area contributed by atoms with E-state index in [0.29, 0.717) is 37.1 Å². The molecule has 1 fully saturated rings. The molecule has 1 atom stereocenters. The van der Waals surface area contributed by atoms with Crippen molar-refractivity contribution in [3.05, 3.63) is 59.3 Å². The number of benzene rings is 1. The van der Waals surface area contributed by atoms with Gasteiger partial charge in [0.2, 0.25) is 0 Å². The van der Waals surface area contributed by atoms with Crippen LogP contribution >= 0.6 is 0 Å². The fourth-order valence-corrected chi connectivity index (χ4v) is 3.15. The first-order valence-corrected chi connectivity index (χ1v) is 9.47. The molecule has 6 nitrogen and oxygen atoms in total. The molecule has 2 heterocycles. The molecule has 2 aromatic rings. The van der Waals surface area contributed by atoms with Crippen LogP contribution in [0, 0.1) is 0 Å². The predicted molar refractivity (Wildman–Crippen MR) is 107 cm³/mol. The Bertz CT molecular complexity index is 755. The van der Waals surface area contributed by atoms with Crippen LogP contribution in [0.2, 0.25) is 0 Å². The molecule has 1 amide bonds.